The number of thiazole rings is 1. The molecule has 6 nitrogen and oxygen atoms in total. The van der Waals surface area contributed by atoms with Crippen LogP contribution in [0.3, 0.4) is 0 Å². The molecule has 136 valence electrons. The Balaban J connectivity index is 1.21. The molecule has 2 heterocycles. The quantitative estimate of drug-likeness (QED) is 0.845. The van der Waals surface area contributed by atoms with Gasteiger partial charge in [-0.25, -0.2) is 15.0 Å². The molecule has 1 amide bonds. The lowest BCUT2D eigenvalue weighted by Crippen LogP contribution is -2.60. The van der Waals surface area contributed by atoms with Gasteiger partial charge < -0.3 is 10.6 Å². The topological polar surface area (TPSA) is 79.8 Å². The van der Waals surface area contributed by atoms with Crippen molar-refractivity contribution in [2.45, 2.75) is 50.5 Å². The van der Waals surface area contributed by atoms with Crippen LogP contribution in [0.25, 0.3) is 0 Å². The van der Waals surface area contributed by atoms with Crippen molar-refractivity contribution in [3.05, 3.63) is 29.5 Å². The third-order valence-electron chi connectivity index (χ3n) is 6.12. The number of hydrogen-bond acceptors (Lipinski definition) is 6. The van der Waals surface area contributed by atoms with Crippen LogP contribution in [-0.4, -0.2) is 26.4 Å². The molecule has 4 fully saturated rings. The molecule has 0 aliphatic heterocycles. The lowest BCUT2D eigenvalue weighted by Gasteiger charge is -2.56. The number of amides is 1. The number of nitrogens with zero attached hydrogens (tertiary/aromatic N) is 3. The van der Waals surface area contributed by atoms with E-state index in [9.17, 15) is 4.79 Å². The number of aromatic nitrogens is 3. The van der Waals surface area contributed by atoms with Crippen LogP contribution >= 0.6 is 11.3 Å². The minimum atomic E-state index is 0.0703. The molecule has 4 saturated carbocycles. The molecule has 0 saturated heterocycles. The number of hydrogen-bond donors (Lipinski definition) is 2. The summed E-state index contributed by atoms with van der Waals surface area (Å²) in [4.78, 5) is 25.4. The molecule has 2 aromatic heterocycles. The second-order valence-electron chi connectivity index (χ2n) is 8.26. The fraction of sp³-hybridized carbons (Fsp3) is 0.579. The Morgan fingerprint density at radius 3 is 2.42 bits per heavy atom. The third kappa shape index (κ3) is 3.20. The van der Waals surface area contributed by atoms with Gasteiger partial charge >= 0.3 is 0 Å². The van der Waals surface area contributed by atoms with Gasteiger partial charge in [-0.2, -0.15) is 0 Å². The largest absolute Gasteiger partial charge is 0.350 e. The number of carbonyl (C=O) groups is 1. The smallest absolute Gasteiger partial charge is 0.228 e. The molecule has 0 atom stereocenters. The van der Waals surface area contributed by atoms with E-state index in [1.165, 1.54) is 49.9 Å². The normalized spacial score (nSPS) is 31.8. The second kappa shape index (κ2) is 6.30. The molecule has 2 N–H and O–H groups in total. The van der Waals surface area contributed by atoms with Gasteiger partial charge in [-0.3, -0.25) is 4.79 Å². The van der Waals surface area contributed by atoms with Gasteiger partial charge in [0, 0.05) is 23.3 Å². The summed E-state index contributed by atoms with van der Waals surface area (Å²) in [6.07, 6.45) is 11.4. The van der Waals surface area contributed by atoms with E-state index in [2.05, 4.69) is 25.6 Å². The van der Waals surface area contributed by atoms with Crippen molar-refractivity contribution in [2.75, 3.05) is 5.32 Å². The van der Waals surface area contributed by atoms with Crippen LogP contribution in [0.1, 0.15) is 44.2 Å². The molecular formula is C19H23N5OS. The first-order valence-electron chi connectivity index (χ1n) is 9.45. The lowest BCUT2D eigenvalue weighted by molar-refractivity contribution is -0.126. The molecule has 7 heteroatoms. The average Bonchev–Trinajstić information content (AvgIpc) is 3.00. The summed E-state index contributed by atoms with van der Waals surface area (Å²) in [5.41, 5.74) is 0.872. The summed E-state index contributed by atoms with van der Waals surface area (Å²) < 4.78 is 0. The average molecular weight is 369 g/mol. The van der Waals surface area contributed by atoms with Crippen molar-refractivity contribution in [3.63, 3.8) is 0 Å². The lowest BCUT2D eigenvalue weighted by atomic mass is 9.53. The van der Waals surface area contributed by atoms with Gasteiger partial charge in [0.1, 0.15) is 0 Å². The van der Waals surface area contributed by atoms with Crippen LogP contribution in [-0.2, 0) is 11.2 Å². The van der Waals surface area contributed by atoms with E-state index in [0.29, 0.717) is 17.5 Å². The highest BCUT2D eigenvalue weighted by atomic mass is 32.1. The molecule has 0 unspecified atom stereocenters. The van der Waals surface area contributed by atoms with Gasteiger partial charge in [0.05, 0.1) is 12.1 Å². The Morgan fingerprint density at radius 1 is 1.12 bits per heavy atom. The van der Waals surface area contributed by atoms with E-state index < -0.39 is 0 Å². The van der Waals surface area contributed by atoms with Crippen molar-refractivity contribution in [3.8, 4) is 0 Å². The van der Waals surface area contributed by atoms with Crippen molar-refractivity contribution < 1.29 is 4.79 Å². The first-order chi connectivity index (χ1) is 12.7. The molecule has 4 aliphatic rings. The summed E-state index contributed by atoms with van der Waals surface area (Å²) in [6.45, 7) is 0. The first-order valence-corrected chi connectivity index (χ1v) is 10.3. The van der Waals surface area contributed by atoms with Crippen LogP contribution in [0.15, 0.2) is 23.8 Å². The van der Waals surface area contributed by atoms with E-state index in [1.807, 2.05) is 5.38 Å². The summed E-state index contributed by atoms with van der Waals surface area (Å²) in [6, 6.07) is 1.77. The number of nitrogens with one attached hydrogen (secondary N) is 2. The first kappa shape index (κ1) is 16.2. The predicted molar refractivity (Wildman–Crippen MR) is 100 cm³/mol. The fourth-order valence-corrected chi connectivity index (χ4v) is 6.38. The summed E-state index contributed by atoms with van der Waals surface area (Å²) in [5, 5.41) is 9.14. The zero-order valence-electron chi connectivity index (χ0n) is 14.6. The van der Waals surface area contributed by atoms with Crippen molar-refractivity contribution in [1.29, 1.82) is 0 Å². The molecule has 6 rings (SSSR count). The Kier molecular flexibility index (Phi) is 3.92. The maximum Gasteiger partial charge on any atom is 0.228 e. The van der Waals surface area contributed by atoms with Crippen molar-refractivity contribution >= 4 is 28.3 Å². The molecule has 2 aromatic rings. The molecule has 0 radical (unpaired) electrons. The van der Waals surface area contributed by atoms with Crippen molar-refractivity contribution in [1.82, 2.24) is 20.3 Å². The van der Waals surface area contributed by atoms with Crippen LogP contribution in [0.5, 0.6) is 0 Å². The Labute approximate surface area is 156 Å². The third-order valence-corrected chi connectivity index (χ3v) is 6.93. The van der Waals surface area contributed by atoms with E-state index in [0.717, 1.165) is 23.4 Å². The number of carbonyl (C=O) groups excluding carboxylic acids is 1. The molecule has 26 heavy (non-hydrogen) atoms. The number of anilines is 2. The summed E-state index contributed by atoms with van der Waals surface area (Å²) in [7, 11) is 0. The van der Waals surface area contributed by atoms with Gasteiger partial charge in [0.2, 0.25) is 11.9 Å². The number of rotatable bonds is 5. The molecule has 4 bridgehead atoms. The zero-order chi connectivity index (χ0) is 17.6. The highest BCUT2D eigenvalue weighted by molar-refractivity contribution is 7.13. The van der Waals surface area contributed by atoms with E-state index in [4.69, 9.17) is 0 Å². The predicted octanol–water partition coefficient (Wildman–Crippen LogP) is 3.30. The fourth-order valence-electron chi connectivity index (χ4n) is 5.67. The highest BCUT2D eigenvalue weighted by Gasteiger charge is 2.51. The SMILES string of the molecule is O=C(Cc1csc(Nc2ncccn2)n1)NC12CC3CC(CC(C3)C1)C2. The van der Waals surface area contributed by atoms with Gasteiger partial charge in [-0.15, -0.1) is 11.3 Å². The standard InChI is InChI=1S/C19H23N5OS/c25-16(24-19-8-12-4-13(9-19)6-14(5-12)10-19)7-15-11-26-18(22-15)23-17-20-2-1-3-21-17/h1-3,11-14H,4-10H2,(H,24,25)(H,20,21,22,23). The van der Waals surface area contributed by atoms with E-state index in [1.54, 1.807) is 18.5 Å². The van der Waals surface area contributed by atoms with Crippen LogP contribution < -0.4 is 10.6 Å². The molecule has 4 aliphatic carbocycles. The monoisotopic (exact) mass is 369 g/mol. The molecular weight excluding hydrogens is 346 g/mol. The maximum absolute atomic E-state index is 12.7. The summed E-state index contributed by atoms with van der Waals surface area (Å²) in [5.74, 6) is 3.14. The van der Waals surface area contributed by atoms with Gasteiger partial charge in [0.15, 0.2) is 5.13 Å². The maximum atomic E-state index is 12.7. The minimum absolute atomic E-state index is 0.0703. The zero-order valence-corrected chi connectivity index (χ0v) is 15.5. The summed E-state index contributed by atoms with van der Waals surface area (Å²) >= 11 is 1.47. The van der Waals surface area contributed by atoms with Crippen LogP contribution in [0.2, 0.25) is 0 Å². The van der Waals surface area contributed by atoms with Gasteiger partial charge in [0.25, 0.3) is 0 Å². The molecule has 0 spiro atoms. The highest BCUT2D eigenvalue weighted by Crippen LogP contribution is 2.55. The van der Waals surface area contributed by atoms with E-state index >= 15 is 0 Å². The Hall–Kier alpha value is -2.02. The van der Waals surface area contributed by atoms with Crippen LogP contribution in [0.4, 0.5) is 11.1 Å². The van der Waals surface area contributed by atoms with Gasteiger partial charge in [-0.05, 0) is 62.3 Å². The van der Waals surface area contributed by atoms with Gasteiger partial charge in [-0.1, -0.05) is 0 Å². The van der Waals surface area contributed by atoms with E-state index in [-0.39, 0.29) is 11.4 Å². The minimum Gasteiger partial charge on any atom is -0.350 e. The van der Waals surface area contributed by atoms with Crippen LogP contribution in [0, 0.1) is 17.8 Å². The van der Waals surface area contributed by atoms with Crippen molar-refractivity contribution in [2.24, 2.45) is 17.8 Å². The second-order valence-corrected chi connectivity index (χ2v) is 9.12. The molecule has 0 aromatic carbocycles. The Morgan fingerprint density at radius 2 is 1.77 bits per heavy atom. The Bertz CT molecular complexity index is 770.